The lowest BCUT2D eigenvalue weighted by Gasteiger charge is -2.38. The highest BCUT2D eigenvalue weighted by atomic mass is 35.5. The molecule has 1 aromatic rings. The van der Waals surface area contributed by atoms with Crippen molar-refractivity contribution >= 4 is 11.6 Å². The number of hydrogen-bond donors (Lipinski definition) is 1. The van der Waals surface area contributed by atoms with Gasteiger partial charge in [-0.3, -0.25) is 0 Å². The summed E-state index contributed by atoms with van der Waals surface area (Å²) in [6.45, 7) is 2.10. The molecule has 0 radical (unpaired) electrons. The third-order valence-electron chi connectivity index (χ3n) is 4.65. The molecule has 0 unspecified atom stereocenters. The number of benzene rings is 1. The molecular weight excluding hydrogens is 268 g/mol. The second-order valence-electron chi connectivity index (χ2n) is 6.21. The van der Waals surface area contributed by atoms with E-state index in [-0.39, 0.29) is 0 Å². The highest BCUT2D eigenvalue weighted by molar-refractivity contribution is 6.30. The van der Waals surface area contributed by atoms with Gasteiger partial charge in [0.15, 0.2) is 0 Å². The van der Waals surface area contributed by atoms with E-state index in [0.29, 0.717) is 5.54 Å². The van der Waals surface area contributed by atoms with Crippen molar-refractivity contribution in [3.05, 3.63) is 34.9 Å². The number of rotatable bonds is 6. The number of nitrogens with zero attached hydrogens (tertiary/aromatic N) is 1. The maximum absolute atomic E-state index is 6.04. The molecule has 0 aliphatic heterocycles. The van der Waals surface area contributed by atoms with Crippen LogP contribution in [-0.2, 0) is 6.54 Å². The Morgan fingerprint density at radius 1 is 1.25 bits per heavy atom. The molecule has 0 aromatic heterocycles. The molecule has 3 heteroatoms. The van der Waals surface area contributed by atoms with E-state index in [1.807, 2.05) is 12.1 Å². The fourth-order valence-electron chi connectivity index (χ4n) is 3.28. The lowest BCUT2D eigenvalue weighted by molar-refractivity contribution is 0.194. The molecule has 2 rings (SSSR count). The second kappa shape index (κ2) is 7.44. The predicted octanol–water partition coefficient (Wildman–Crippen LogP) is 4.08. The summed E-state index contributed by atoms with van der Waals surface area (Å²) >= 11 is 6.04. The molecule has 2 nitrogen and oxygen atoms in total. The zero-order valence-corrected chi connectivity index (χ0v) is 13.5. The van der Waals surface area contributed by atoms with E-state index in [0.717, 1.165) is 18.1 Å². The van der Waals surface area contributed by atoms with E-state index in [4.69, 9.17) is 11.6 Å². The van der Waals surface area contributed by atoms with Crippen molar-refractivity contribution in [1.29, 1.82) is 0 Å². The van der Waals surface area contributed by atoms with Gasteiger partial charge in [-0.1, -0.05) is 43.0 Å². The molecule has 1 N–H and O–H groups in total. The van der Waals surface area contributed by atoms with Gasteiger partial charge in [0.1, 0.15) is 0 Å². The standard InChI is InChI=1S/C17H27ClN2/c1-19-17(9-4-3-5-10-17)11-12-20(2)14-15-7-6-8-16(18)13-15/h6-8,13,19H,3-5,9-12,14H2,1-2H3. The largest absolute Gasteiger partial charge is 0.314 e. The summed E-state index contributed by atoms with van der Waals surface area (Å²) in [4.78, 5) is 2.40. The molecule has 1 fully saturated rings. The van der Waals surface area contributed by atoms with Gasteiger partial charge >= 0.3 is 0 Å². The molecule has 0 amide bonds. The summed E-state index contributed by atoms with van der Waals surface area (Å²) in [5.74, 6) is 0. The Morgan fingerprint density at radius 2 is 2.00 bits per heavy atom. The average Bonchev–Trinajstić information content (AvgIpc) is 2.46. The first-order valence-corrected chi connectivity index (χ1v) is 8.13. The van der Waals surface area contributed by atoms with Crippen LogP contribution in [-0.4, -0.2) is 31.1 Å². The second-order valence-corrected chi connectivity index (χ2v) is 6.65. The van der Waals surface area contributed by atoms with Gasteiger partial charge < -0.3 is 10.2 Å². The van der Waals surface area contributed by atoms with Crippen LogP contribution in [0, 0.1) is 0 Å². The van der Waals surface area contributed by atoms with Crippen LogP contribution in [0.3, 0.4) is 0 Å². The molecular formula is C17H27ClN2. The Morgan fingerprint density at radius 3 is 2.65 bits per heavy atom. The summed E-state index contributed by atoms with van der Waals surface area (Å²) < 4.78 is 0. The predicted molar refractivity (Wildman–Crippen MR) is 87.3 cm³/mol. The minimum Gasteiger partial charge on any atom is -0.314 e. The summed E-state index contributed by atoms with van der Waals surface area (Å²) in [7, 11) is 4.33. The average molecular weight is 295 g/mol. The van der Waals surface area contributed by atoms with E-state index in [1.165, 1.54) is 44.1 Å². The Kier molecular flexibility index (Phi) is 5.88. The highest BCUT2D eigenvalue weighted by Crippen LogP contribution is 2.30. The molecule has 0 atom stereocenters. The smallest absolute Gasteiger partial charge is 0.0409 e. The van der Waals surface area contributed by atoms with Crippen LogP contribution < -0.4 is 5.32 Å². The van der Waals surface area contributed by atoms with E-state index in [9.17, 15) is 0 Å². The van der Waals surface area contributed by atoms with E-state index >= 15 is 0 Å². The van der Waals surface area contributed by atoms with Crippen LogP contribution in [0.1, 0.15) is 44.1 Å². The minimum absolute atomic E-state index is 0.376. The van der Waals surface area contributed by atoms with E-state index in [2.05, 4.69) is 36.4 Å². The van der Waals surface area contributed by atoms with Crippen molar-refractivity contribution in [2.24, 2.45) is 0 Å². The summed E-state index contributed by atoms with van der Waals surface area (Å²) in [6.07, 6.45) is 8.04. The first-order valence-electron chi connectivity index (χ1n) is 7.75. The molecule has 0 spiro atoms. The Bertz CT molecular complexity index is 413. The Hall–Kier alpha value is -0.570. The molecule has 0 heterocycles. The molecule has 1 aliphatic rings. The van der Waals surface area contributed by atoms with Gasteiger partial charge in [0.05, 0.1) is 0 Å². The SMILES string of the molecule is CNC1(CCN(C)Cc2cccc(Cl)c2)CCCCC1. The van der Waals surface area contributed by atoms with Crippen LogP contribution in [0.25, 0.3) is 0 Å². The highest BCUT2D eigenvalue weighted by Gasteiger charge is 2.29. The summed E-state index contributed by atoms with van der Waals surface area (Å²) in [5, 5.41) is 4.43. The van der Waals surface area contributed by atoms with Crippen molar-refractivity contribution in [2.45, 2.75) is 50.6 Å². The monoisotopic (exact) mass is 294 g/mol. The number of nitrogens with one attached hydrogen (secondary N) is 1. The summed E-state index contributed by atoms with van der Waals surface area (Å²) in [6, 6.07) is 8.17. The van der Waals surface area contributed by atoms with Crippen molar-refractivity contribution < 1.29 is 0 Å². The lowest BCUT2D eigenvalue weighted by atomic mass is 9.79. The molecule has 0 saturated heterocycles. The van der Waals surface area contributed by atoms with Gasteiger partial charge in [0, 0.05) is 17.1 Å². The van der Waals surface area contributed by atoms with E-state index in [1.54, 1.807) is 0 Å². The zero-order valence-electron chi connectivity index (χ0n) is 12.8. The van der Waals surface area contributed by atoms with Crippen molar-refractivity contribution in [2.75, 3.05) is 20.6 Å². The summed E-state index contributed by atoms with van der Waals surface area (Å²) in [5.41, 5.74) is 1.67. The first-order chi connectivity index (χ1) is 9.63. The van der Waals surface area contributed by atoms with Gasteiger partial charge in [-0.15, -0.1) is 0 Å². The zero-order chi connectivity index (χ0) is 14.4. The van der Waals surface area contributed by atoms with Crippen LogP contribution in [0.2, 0.25) is 5.02 Å². The van der Waals surface area contributed by atoms with E-state index < -0.39 is 0 Å². The van der Waals surface area contributed by atoms with Crippen LogP contribution in [0.4, 0.5) is 0 Å². The van der Waals surface area contributed by atoms with Crippen LogP contribution >= 0.6 is 11.6 Å². The maximum Gasteiger partial charge on any atom is 0.0409 e. The minimum atomic E-state index is 0.376. The molecule has 0 bridgehead atoms. The maximum atomic E-state index is 6.04. The van der Waals surface area contributed by atoms with Gasteiger partial charge in [0.25, 0.3) is 0 Å². The molecule has 1 saturated carbocycles. The third kappa shape index (κ3) is 4.47. The number of halogens is 1. The Balaban J connectivity index is 1.83. The molecule has 112 valence electrons. The van der Waals surface area contributed by atoms with Gasteiger partial charge in [-0.05, 0) is 57.6 Å². The third-order valence-corrected chi connectivity index (χ3v) is 4.89. The van der Waals surface area contributed by atoms with Gasteiger partial charge in [0.2, 0.25) is 0 Å². The van der Waals surface area contributed by atoms with Crippen molar-refractivity contribution in [3.63, 3.8) is 0 Å². The topological polar surface area (TPSA) is 15.3 Å². The quantitative estimate of drug-likeness (QED) is 0.850. The van der Waals surface area contributed by atoms with Gasteiger partial charge in [-0.2, -0.15) is 0 Å². The molecule has 20 heavy (non-hydrogen) atoms. The van der Waals surface area contributed by atoms with Crippen LogP contribution in [0.15, 0.2) is 24.3 Å². The Labute approximate surface area is 128 Å². The fourth-order valence-corrected chi connectivity index (χ4v) is 3.50. The molecule has 1 aliphatic carbocycles. The van der Waals surface area contributed by atoms with Gasteiger partial charge in [-0.25, -0.2) is 0 Å². The van der Waals surface area contributed by atoms with Crippen molar-refractivity contribution in [1.82, 2.24) is 10.2 Å². The lowest BCUT2D eigenvalue weighted by Crippen LogP contribution is -2.46. The number of hydrogen-bond acceptors (Lipinski definition) is 2. The fraction of sp³-hybridized carbons (Fsp3) is 0.647. The normalized spacial score (nSPS) is 18.4. The molecule has 1 aromatic carbocycles. The van der Waals surface area contributed by atoms with Crippen LogP contribution in [0.5, 0.6) is 0 Å². The van der Waals surface area contributed by atoms with Crippen molar-refractivity contribution in [3.8, 4) is 0 Å². The first kappa shape index (κ1) is 15.8.